The van der Waals surface area contributed by atoms with Gasteiger partial charge in [-0.2, -0.15) is 0 Å². The number of aromatic hydroxyl groups is 1. The molecule has 0 aliphatic heterocycles. The number of hydrogen-bond donors (Lipinski definition) is 2. The number of halogens is 1. The van der Waals surface area contributed by atoms with Crippen LogP contribution in [0.4, 0.5) is 5.69 Å². The number of nitrogens with one attached hydrogen (secondary N) is 1. The first kappa shape index (κ1) is 13.7. The number of anilines is 1. The molecule has 2 aromatic rings. The first-order valence-electron chi connectivity index (χ1n) is 6.00. The van der Waals surface area contributed by atoms with Crippen LogP contribution in [0.3, 0.4) is 0 Å². The third-order valence-corrected chi connectivity index (χ3v) is 3.64. The van der Waals surface area contributed by atoms with Crippen LogP contribution in [0.2, 0.25) is 0 Å². The molecule has 0 aliphatic carbocycles. The van der Waals surface area contributed by atoms with Gasteiger partial charge in [0.05, 0.1) is 13.2 Å². The number of hydrogen-bond acceptors (Lipinski definition) is 3. The number of phenols is 1. The highest BCUT2D eigenvalue weighted by Gasteiger charge is 2.12. The number of ether oxygens (including phenoxy) is 1. The minimum Gasteiger partial charge on any atom is -0.507 e. The molecule has 0 amide bonds. The van der Waals surface area contributed by atoms with Crippen molar-refractivity contribution in [1.82, 2.24) is 0 Å². The summed E-state index contributed by atoms with van der Waals surface area (Å²) in [5.74, 6) is 0.876. The maximum absolute atomic E-state index is 10.0. The molecule has 0 spiro atoms. The van der Waals surface area contributed by atoms with Crippen LogP contribution in [-0.4, -0.2) is 12.2 Å². The molecular formula is C15H16BrNO2. The zero-order valence-electron chi connectivity index (χ0n) is 10.9. The van der Waals surface area contributed by atoms with Crippen LogP contribution in [0.1, 0.15) is 18.5 Å². The van der Waals surface area contributed by atoms with E-state index in [1.165, 1.54) is 0 Å². The second-order valence-electron chi connectivity index (χ2n) is 4.27. The van der Waals surface area contributed by atoms with Gasteiger partial charge in [-0.25, -0.2) is 0 Å². The Morgan fingerprint density at radius 3 is 2.58 bits per heavy atom. The van der Waals surface area contributed by atoms with Crippen LogP contribution in [0.15, 0.2) is 46.9 Å². The highest BCUT2D eigenvalue weighted by molar-refractivity contribution is 9.10. The van der Waals surface area contributed by atoms with Crippen LogP contribution in [0, 0.1) is 0 Å². The third-order valence-electron chi connectivity index (χ3n) is 2.95. The molecule has 0 radical (unpaired) electrons. The van der Waals surface area contributed by atoms with Gasteiger partial charge in [-0.15, -0.1) is 0 Å². The summed E-state index contributed by atoms with van der Waals surface area (Å²) in [5, 5.41) is 13.4. The van der Waals surface area contributed by atoms with Crippen molar-refractivity contribution in [3.63, 3.8) is 0 Å². The van der Waals surface area contributed by atoms with Crippen molar-refractivity contribution in [3.8, 4) is 11.5 Å². The monoisotopic (exact) mass is 321 g/mol. The topological polar surface area (TPSA) is 41.5 Å². The lowest BCUT2D eigenvalue weighted by Crippen LogP contribution is -2.07. The van der Waals surface area contributed by atoms with Crippen molar-refractivity contribution < 1.29 is 9.84 Å². The van der Waals surface area contributed by atoms with Gasteiger partial charge in [-0.05, 0) is 47.1 Å². The molecule has 0 bridgehead atoms. The molecule has 1 unspecified atom stereocenters. The Bertz CT molecular complexity index is 572. The Balaban J connectivity index is 2.21. The molecule has 2 N–H and O–H groups in total. The minimum absolute atomic E-state index is 0.00962. The highest BCUT2D eigenvalue weighted by atomic mass is 79.9. The summed E-state index contributed by atoms with van der Waals surface area (Å²) in [5.41, 5.74) is 1.82. The van der Waals surface area contributed by atoms with Gasteiger partial charge in [0, 0.05) is 21.8 Å². The molecule has 0 heterocycles. The molecule has 0 saturated carbocycles. The number of benzene rings is 2. The predicted molar refractivity (Wildman–Crippen MR) is 80.8 cm³/mol. The number of para-hydroxylation sites is 1. The smallest absolute Gasteiger partial charge is 0.124 e. The summed E-state index contributed by atoms with van der Waals surface area (Å²) in [7, 11) is 1.58. The summed E-state index contributed by atoms with van der Waals surface area (Å²) < 4.78 is 6.07. The van der Waals surface area contributed by atoms with Crippen LogP contribution in [0.5, 0.6) is 11.5 Å². The van der Waals surface area contributed by atoms with Crippen LogP contribution >= 0.6 is 15.9 Å². The Hall–Kier alpha value is -1.68. The molecule has 4 heteroatoms. The molecular weight excluding hydrogens is 306 g/mol. The Kier molecular flexibility index (Phi) is 4.32. The molecule has 0 fully saturated rings. The first-order chi connectivity index (χ1) is 9.11. The maximum atomic E-state index is 10.0. The molecule has 0 saturated heterocycles. The fraction of sp³-hybridized carbons (Fsp3) is 0.200. The van der Waals surface area contributed by atoms with Crippen molar-refractivity contribution in [2.75, 3.05) is 12.4 Å². The summed E-state index contributed by atoms with van der Waals surface area (Å²) in [6.07, 6.45) is 0. The van der Waals surface area contributed by atoms with Crippen LogP contribution in [0.25, 0.3) is 0 Å². The zero-order chi connectivity index (χ0) is 13.8. The van der Waals surface area contributed by atoms with Gasteiger partial charge in [-0.1, -0.05) is 12.1 Å². The summed E-state index contributed by atoms with van der Waals surface area (Å²) in [4.78, 5) is 0. The number of methoxy groups -OCH3 is 1. The normalized spacial score (nSPS) is 11.9. The Morgan fingerprint density at radius 2 is 1.95 bits per heavy atom. The predicted octanol–water partition coefficient (Wildman–Crippen LogP) is 4.34. The van der Waals surface area contributed by atoms with Gasteiger partial charge < -0.3 is 15.2 Å². The van der Waals surface area contributed by atoms with Crippen molar-refractivity contribution in [2.24, 2.45) is 0 Å². The summed E-state index contributed by atoms with van der Waals surface area (Å²) in [6.45, 7) is 2.00. The maximum Gasteiger partial charge on any atom is 0.124 e. The Morgan fingerprint density at radius 1 is 1.21 bits per heavy atom. The summed E-state index contributed by atoms with van der Waals surface area (Å²) >= 11 is 3.49. The zero-order valence-corrected chi connectivity index (χ0v) is 12.4. The van der Waals surface area contributed by atoms with Crippen molar-refractivity contribution in [1.29, 1.82) is 0 Å². The lowest BCUT2D eigenvalue weighted by Gasteiger charge is -2.18. The van der Waals surface area contributed by atoms with Gasteiger partial charge >= 0.3 is 0 Å². The molecule has 19 heavy (non-hydrogen) atoms. The van der Waals surface area contributed by atoms with E-state index in [2.05, 4.69) is 21.2 Å². The lowest BCUT2D eigenvalue weighted by molar-refractivity contribution is 0.406. The molecule has 1 atom stereocenters. The second-order valence-corrected chi connectivity index (χ2v) is 5.12. The molecule has 2 aromatic carbocycles. The van der Waals surface area contributed by atoms with E-state index in [1.807, 2.05) is 43.3 Å². The summed E-state index contributed by atoms with van der Waals surface area (Å²) in [6, 6.07) is 13.2. The standard InChI is InChI=1S/C15H16BrNO2/c1-10(17-14-6-4-3-5-13(14)16)12-8-7-11(19-2)9-15(12)18/h3-10,17-18H,1-2H3. The fourth-order valence-electron chi connectivity index (χ4n) is 1.91. The molecule has 2 rings (SSSR count). The van der Waals surface area contributed by atoms with E-state index in [9.17, 15) is 5.11 Å². The van der Waals surface area contributed by atoms with Crippen molar-refractivity contribution >= 4 is 21.6 Å². The minimum atomic E-state index is -0.00962. The number of phenolic OH excluding ortho intramolecular Hbond substituents is 1. The van der Waals surface area contributed by atoms with E-state index in [-0.39, 0.29) is 11.8 Å². The van der Waals surface area contributed by atoms with Crippen LogP contribution < -0.4 is 10.1 Å². The van der Waals surface area contributed by atoms with Crippen molar-refractivity contribution in [3.05, 3.63) is 52.5 Å². The number of rotatable bonds is 4. The van der Waals surface area contributed by atoms with Gasteiger partial charge in [0.1, 0.15) is 11.5 Å². The van der Waals surface area contributed by atoms with Gasteiger partial charge in [0.25, 0.3) is 0 Å². The van der Waals surface area contributed by atoms with E-state index >= 15 is 0 Å². The largest absolute Gasteiger partial charge is 0.507 e. The van der Waals surface area contributed by atoms with Gasteiger partial charge in [0.15, 0.2) is 0 Å². The Labute approximate surface area is 121 Å². The van der Waals surface area contributed by atoms with E-state index in [0.29, 0.717) is 5.75 Å². The molecule has 100 valence electrons. The first-order valence-corrected chi connectivity index (χ1v) is 6.79. The van der Waals surface area contributed by atoms with Crippen LogP contribution in [-0.2, 0) is 0 Å². The highest BCUT2D eigenvalue weighted by Crippen LogP contribution is 2.32. The lowest BCUT2D eigenvalue weighted by atomic mass is 10.1. The molecule has 0 aliphatic rings. The van der Waals surface area contributed by atoms with E-state index in [1.54, 1.807) is 13.2 Å². The van der Waals surface area contributed by atoms with Crippen molar-refractivity contribution in [2.45, 2.75) is 13.0 Å². The quantitative estimate of drug-likeness (QED) is 0.880. The average molecular weight is 322 g/mol. The second kappa shape index (κ2) is 5.97. The van der Waals surface area contributed by atoms with E-state index < -0.39 is 0 Å². The average Bonchev–Trinajstić information content (AvgIpc) is 2.41. The van der Waals surface area contributed by atoms with E-state index in [4.69, 9.17) is 4.74 Å². The fourth-order valence-corrected chi connectivity index (χ4v) is 2.31. The third kappa shape index (κ3) is 3.20. The SMILES string of the molecule is COc1ccc(C(C)Nc2ccccc2Br)c(O)c1. The van der Waals surface area contributed by atoms with Gasteiger partial charge in [-0.3, -0.25) is 0 Å². The van der Waals surface area contributed by atoms with E-state index in [0.717, 1.165) is 15.7 Å². The molecule has 3 nitrogen and oxygen atoms in total. The molecule has 0 aromatic heterocycles. The van der Waals surface area contributed by atoms with Gasteiger partial charge in [0.2, 0.25) is 0 Å².